The molecule has 1 saturated heterocycles. The van der Waals surface area contributed by atoms with E-state index in [1.807, 2.05) is 0 Å². The van der Waals surface area contributed by atoms with Gasteiger partial charge in [0.25, 0.3) is 0 Å². The summed E-state index contributed by atoms with van der Waals surface area (Å²) < 4.78 is 25.7. The van der Waals surface area contributed by atoms with E-state index < -0.39 is 11.6 Å². The van der Waals surface area contributed by atoms with Crippen LogP contribution in [0.3, 0.4) is 0 Å². The molecule has 1 aliphatic heterocycles. The Bertz CT molecular complexity index is 389. The Morgan fingerprint density at radius 2 is 1.94 bits per heavy atom. The highest BCUT2D eigenvalue weighted by Crippen LogP contribution is 2.09. The maximum Gasteiger partial charge on any atom is 0.317 e. The molecule has 0 atom stereocenters. The standard InChI is InChI=1S/C11H12F2N2O/c12-9-5-8(6-10(13)7-9)1-3-15-4-2-14-11(15)16/h5-7H,1-4H2,(H,14,16). The Kier molecular flexibility index (Phi) is 3.03. The molecule has 0 saturated carbocycles. The largest absolute Gasteiger partial charge is 0.336 e. The fourth-order valence-electron chi connectivity index (χ4n) is 1.74. The second kappa shape index (κ2) is 4.47. The number of urea groups is 1. The van der Waals surface area contributed by atoms with Gasteiger partial charge in [-0.25, -0.2) is 13.6 Å². The van der Waals surface area contributed by atoms with Crippen LogP contribution in [0.25, 0.3) is 0 Å². The number of amides is 2. The van der Waals surface area contributed by atoms with E-state index in [2.05, 4.69) is 5.32 Å². The van der Waals surface area contributed by atoms with Crippen LogP contribution in [0.4, 0.5) is 13.6 Å². The first-order valence-electron chi connectivity index (χ1n) is 5.13. The molecule has 0 unspecified atom stereocenters. The first-order valence-corrected chi connectivity index (χ1v) is 5.13. The van der Waals surface area contributed by atoms with Crippen molar-refractivity contribution in [3.05, 3.63) is 35.4 Å². The third-order valence-corrected chi connectivity index (χ3v) is 2.54. The third-order valence-electron chi connectivity index (χ3n) is 2.54. The fraction of sp³-hybridized carbons (Fsp3) is 0.364. The lowest BCUT2D eigenvalue weighted by atomic mass is 10.1. The van der Waals surface area contributed by atoms with Gasteiger partial charge in [-0.3, -0.25) is 0 Å². The predicted molar refractivity (Wildman–Crippen MR) is 55.0 cm³/mol. The molecule has 5 heteroatoms. The van der Waals surface area contributed by atoms with Crippen LogP contribution in [-0.2, 0) is 6.42 Å². The number of carbonyl (C=O) groups excluding carboxylic acids is 1. The molecule has 2 rings (SSSR count). The van der Waals surface area contributed by atoms with Gasteiger partial charge in [-0.15, -0.1) is 0 Å². The van der Waals surface area contributed by atoms with Gasteiger partial charge in [0.2, 0.25) is 0 Å². The molecule has 0 bridgehead atoms. The second-order valence-corrected chi connectivity index (χ2v) is 3.75. The molecule has 0 aliphatic carbocycles. The molecular formula is C11H12F2N2O. The van der Waals surface area contributed by atoms with Crippen molar-refractivity contribution in [3.8, 4) is 0 Å². The molecule has 0 radical (unpaired) electrons. The minimum Gasteiger partial charge on any atom is -0.336 e. The van der Waals surface area contributed by atoms with Crippen LogP contribution in [0.5, 0.6) is 0 Å². The van der Waals surface area contributed by atoms with Crippen molar-refractivity contribution < 1.29 is 13.6 Å². The molecule has 0 spiro atoms. The van der Waals surface area contributed by atoms with E-state index in [4.69, 9.17) is 0 Å². The molecule has 3 nitrogen and oxygen atoms in total. The summed E-state index contributed by atoms with van der Waals surface area (Å²) in [5, 5.41) is 2.67. The summed E-state index contributed by atoms with van der Waals surface area (Å²) in [7, 11) is 0. The van der Waals surface area contributed by atoms with E-state index in [0.29, 0.717) is 31.6 Å². The van der Waals surface area contributed by atoms with Crippen molar-refractivity contribution in [3.63, 3.8) is 0 Å². The Morgan fingerprint density at radius 3 is 2.50 bits per heavy atom. The average Bonchev–Trinajstić information content (AvgIpc) is 2.59. The Labute approximate surface area is 92.1 Å². The van der Waals surface area contributed by atoms with Gasteiger partial charge >= 0.3 is 6.03 Å². The van der Waals surface area contributed by atoms with Gasteiger partial charge in [0.15, 0.2) is 0 Å². The van der Waals surface area contributed by atoms with Gasteiger partial charge < -0.3 is 10.2 Å². The number of halogens is 2. The lowest BCUT2D eigenvalue weighted by Gasteiger charge is -2.13. The second-order valence-electron chi connectivity index (χ2n) is 3.75. The highest BCUT2D eigenvalue weighted by molar-refractivity contribution is 5.76. The molecule has 16 heavy (non-hydrogen) atoms. The molecule has 1 aromatic carbocycles. The number of hydrogen-bond donors (Lipinski definition) is 1. The van der Waals surface area contributed by atoms with E-state index in [1.54, 1.807) is 4.90 Å². The predicted octanol–water partition coefficient (Wildman–Crippen LogP) is 1.53. The number of nitrogens with one attached hydrogen (secondary N) is 1. The van der Waals surface area contributed by atoms with Crippen molar-refractivity contribution in [2.24, 2.45) is 0 Å². The van der Waals surface area contributed by atoms with E-state index in [0.717, 1.165) is 6.07 Å². The summed E-state index contributed by atoms with van der Waals surface area (Å²) in [5.74, 6) is -1.17. The quantitative estimate of drug-likeness (QED) is 0.833. The Balaban J connectivity index is 1.96. The summed E-state index contributed by atoms with van der Waals surface area (Å²) in [6, 6.07) is 3.30. The smallest absolute Gasteiger partial charge is 0.317 e. The summed E-state index contributed by atoms with van der Waals surface area (Å²) in [6.45, 7) is 1.77. The molecule has 2 amide bonds. The summed E-state index contributed by atoms with van der Waals surface area (Å²) in [6.07, 6.45) is 0.460. The van der Waals surface area contributed by atoms with E-state index in [1.165, 1.54) is 12.1 Å². The molecular weight excluding hydrogens is 214 g/mol. The zero-order valence-corrected chi connectivity index (χ0v) is 8.67. The van der Waals surface area contributed by atoms with Crippen LogP contribution in [0.2, 0.25) is 0 Å². The van der Waals surface area contributed by atoms with Gasteiger partial charge in [-0.05, 0) is 24.1 Å². The minimum atomic E-state index is -0.583. The Morgan fingerprint density at radius 1 is 1.25 bits per heavy atom. The normalized spacial score (nSPS) is 15.4. The van der Waals surface area contributed by atoms with Gasteiger partial charge in [-0.2, -0.15) is 0 Å². The highest BCUT2D eigenvalue weighted by atomic mass is 19.1. The van der Waals surface area contributed by atoms with Crippen LogP contribution in [0.1, 0.15) is 5.56 Å². The third kappa shape index (κ3) is 2.48. The number of benzene rings is 1. The molecule has 1 N–H and O–H groups in total. The maximum atomic E-state index is 12.9. The van der Waals surface area contributed by atoms with Gasteiger partial charge in [-0.1, -0.05) is 0 Å². The number of rotatable bonds is 3. The monoisotopic (exact) mass is 226 g/mol. The van der Waals surface area contributed by atoms with Gasteiger partial charge in [0.1, 0.15) is 11.6 Å². The van der Waals surface area contributed by atoms with Crippen molar-refractivity contribution in [1.82, 2.24) is 10.2 Å². The van der Waals surface area contributed by atoms with Crippen molar-refractivity contribution in [2.75, 3.05) is 19.6 Å². The number of nitrogens with zero attached hydrogens (tertiary/aromatic N) is 1. The fourth-order valence-corrected chi connectivity index (χ4v) is 1.74. The average molecular weight is 226 g/mol. The first-order chi connectivity index (χ1) is 7.65. The summed E-state index contributed by atoms with van der Waals surface area (Å²) >= 11 is 0. The first kappa shape index (κ1) is 10.9. The van der Waals surface area contributed by atoms with Crippen molar-refractivity contribution >= 4 is 6.03 Å². The Hall–Kier alpha value is -1.65. The van der Waals surface area contributed by atoms with Crippen LogP contribution in [0.15, 0.2) is 18.2 Å². The lowest BCUT2D eigenvalue weighted by molar-refractivity contribution is 0.218. The maximum absolute atomic E-state index is 12.9. The number of carbonyl (C=O) groups is 1. The molecule has 1 aromatic rings. The van der Waals surface area contributed by atoms with Crippen LogP contribution < -0.4 is 5.32 Å². The van der Waals surface area contributed by atoms with Crippen LogP contribution >= 0.6 is 0 Å². The van der Waals surface area contributed by atoms with Crippen LogP contribution in [0, 0.1) is 11.6 Å². The highest BCUT2D eigenvalue weighted by Gasteiger charge is 2.18. The molecule has 1 heterocycles. The molecule has 0 aromatic heterocycles. The zero-order chi connectivity index (χ0) is 11.5. The van der Waals surface area contributed by atoms with E-state index in [9.17, 15) is 13.6 Å². The van der Waals surface area contributed by atoms with E-state index >= 15 is 0 Å². The SMILES string of the molecule is O=C1NCCN1CCc1cc(F)cc(F)c1. The topological polar surface area (TPSA) is 32.3 Å². The summed E-state index contributed by atoms with van der Waals surface area (Å²) in [5.41, 5.74) is 0.567. The van der Waals surface area contributed by atoms with Crippen molar-refractivity contribution in [2.45, 2.75) is 6.42 Å². The molecule has 86 valence electrons. The zero-order valence-electron chi connectivity index (χ0n) is 8.67. The minimum absolute atomic E-state index is 0.114. The van der Waals surface area contributed by atoms with E-state index in [-0.39, 0.29) is 6.03 Å². The van der Waals surface area contributed by atoms with Gasteiger partial charge in [0, 0.05) is 25.7 Å². The molecule has 1 fully saturated rings. The summed E-state index contributed by atoms with van der Waals surface area (Å²) in [4.78, 5) is 12.8. The van der Waals surface area contributed by atoms with Crippen molar-refractivity contribution in [1.29, 1.82) is 0 Å². The molecule has 1 aliphatic rings. The van der Waals surface area contributed by atoms with Gasteiger partial charge in [0.05, 0.1) is 0 Å². The lowest BCUT2D eigenvalue weighted by Crippen LogP contribution is -2.30. The van der Waals surface area contributed by atoms with Crippen LogP contribution in [-0.4, -0.2) is 30.6 Å². The number of hydrogen-bond acceptors (Lipinski definition) is 1.